The molecule has 1 amide bonds. The van der Waals surface area contributed by atoms with Gasteiger partial charge < -0.3 is 18.9 Å². The molecule has 3 heterocycles. The molecule has 126 valence electrons. The van der Waals surface area contributed by atoms with E-state index in [1.165, 1.54) is 0 Å². The van der Waals surface area contributed by atoms with Crippen LogP contribution in [0.3, 0.4) is 0 Å². The van der Waals surface area contributed by atoms with Crippen LogP contribution in [0.2, 0.25) is 0 Å². The second-order valence-corrected chi connectivity index (χ2v) is 6.23. The lowest BCUT2D eigenvalue weighted by atomic mass is 10.2. The molecule has 0 saturated carbocycles. The first-order valence-corrected chi connectivity index (χ1v) is 8.65. The van der Waals surface area contributed by atoms with Gasteiger partial charge in [0.2, 0.25) is 0 Å². The van der Waals surface area contributed by atoms with Crippen LogP contribution in [-0.2, 0) is 6.54 Å². The molecule has 25 heavy (non-hydrogen) atoms. The number of hydrogen-bond donors (Lipinski definition) is 1. The van der Waals surface area contributed by atoms with Crippen molar-refractivity contribution in [2.75, 3.05) is 7.11 Å². The number of amides is 1. The molecule has 0 unspecified atom stereocenters. The van der Waals surface area contributed by atoms with Gasteiger partial charge in [0, 0.05) is 16.3 Å². The minimum absolute atomic E-state index is 0.240. The van der Waals surface area contributed by atoms with E-state index in [-0.39, 0.29) is 18.2 Å². The van der Waals surface area contributed by atoms with Gasteiger partial charge in [-0.25, -0.2) is 0 Å². The number of nitrogens with one attached hydrogen (secondary N) is 1. The molecule has 0 bridgehead atoms. The van der Waals surface area contributed by atoms with Crippen molar-refractivity contribution in [1.82, 2.24) is 5.32 Å². The zero-order valence-electron chi connectivity index (χ0n) is 13.4. The number of furan rings is 2. The van der Waals surface area contributed by atoms with Crippen LogP contribution in [0.1, 0.15) is 16.3 Å². The summed E-state index contributed by atoms with van der Waals surface area (Å²) in [4.78, 5) is 12.3. The summed E-state index contributed by atoms with van der Waals surface area (Å²) in [7, 11) is 1.57. The molecule has 0 spiro atoms. The number of fused-ring (bicyclic) bond motifs is 1. The fourth-order valence-electron chi connectivity index (χ4n) is 2.60. The summed E-state index contributed by atoms with van der Waals surface area (Å²) in [6.07, 6.45) is 0. The van der Waals surface area contributed by atoms with E-state index in [0.717, 1.165) is 16.7 Å². The van der Waals surface area contributed by atoms with E-state index in [1.54, 1.807) is 30.6 Å². The summed E-state index contributed by atoms with van der Waals surface area (Å²) >= 11 is 1.61. The molecule has 0 saturated heterocycles. The Bertz CT molecular complexity index is 1010. The van der Waals surface area contributed by atoms with Gasteiger partial charge in [-0.05, 0) is 35.7 Å². The predicted octanol–water partition coefficient (Wildman–Crippen LogP) is 4.69. The van der Waals surface area contributed by atoms with Crippen molar-refractivity contribution in [2.24, 2.45) is 0 Å². The van der Waals surface area contributed by atoms with E-state index in [4.69, 9.17) is 13.6 Å². The lowest BCUT2D eigenvalue weighted by Crippen LogP contribution is -2.21. The van der Waals surface area contributed by atoms with Gasteiger partial charge in [-0.2, -0.15) is 11.3 Å². The average molecular weight is 353 g/mol. The smallest absolute Gasteiger partial charge is 0.287 e. The quantitative estimate of drug-likeness (QED) is 0.565. The molecule has 1 N–H and O–H groups in total. The average Bonchev–Trinajstić information content (AvgIpc) is 3.38. The predicted molar refractivity (Wildman–Crippen MR) is 96.0 cm³/mol. The van der Waals surface area contributed by atoms with Crippen molar-refractivity contribution >= 4 is 28.2 Å². The number of ether oxygens (including phenoxy) is 1. The topological polar surface area (TPSA) is 64.6 Å². The molecule has 0 aliphatic carbocycles. The third-order valence-corrected chi connectivity index (χ3v) is 4.53. The highest BCUT2D eigenvalue weighted by Gasteiger charge is 2.15. The van der Waals surface area contributed by atoms with Crippen LogP contribution >= 0.6 is 11.3 Å². The van der Waals surface area contributed by atoms with Crippen LogP contribution in [0.4, 0.5) is 0 Å². The number of para-hydroxylation sites is 1. The van der Waals surface area contributed by atoms with Crippen molar-refractivity contribution in [3.05, 3.63) is 64.7 Å². The number of rotatable bonds is 5. The fourth-order valence-corrected chi connectivity index (χ4v) is 3.24. The van der Waals surface area contributed by atoms with Crippen LogP contribution < -0.4 is 10.1 Å². The summed E-state index contributed by atoms with van der Waals surface area (Å²) in [5.74, 6) is 2.01. The number of methoxy groups -OCH3 is 1. The van der Waals surface area contributed by atoms with Gasteiger partial charge in [-0.1, -0.05) is 12.1 Å². The van der Waals surface area contributed by atoms with Crippen molar-refractivity contribution in [1.29, 1.82) is 0 Å². The standard InChI is InChI=1S/C19H15NO4S/c1-22-16-4-2-3-12-9-17(24-18(12)16)19(21)20-10-14-5-6-15(23-14)13-7-8-25-11-13/h2-9,11H,10H2,1H3,(H,20,21). The van der Waals surface area contributed by atoms with Gasteiger partial charge in [0.15, 0.2) is 17.1 Å². The van der Waals surface area contributed by atoms with E-state index in [0.29, 0.717) is 17.1 Å². The molecule has 5 nitrogen and oxygen atoms in total. The van der Waals surface area contributed by atoms with Gasteiger partial charge in [0.1, 0.15) is 11.5 Å². The highest BCUT2D eigenvalue weighted by molar-refractivity contribution is 7.08. The van der Waals surface area contributed by atoms with Crippen molar-refractivity contribution in [2.45, 2.75) is 6.54 Å². The van der Waals surface area contributed by atoms with Crippen molar-refractivity contribution in [3.63, 3.8) is 0 Å². The summed E-state index contributed by atoms with van der Waals surface area (Å²) in [5, 5.41) is 7.64. The van der Waals surface area contributed by atoms with E-state index >= 15 is 0 Å². The lowest BCUT2D eigenvalue weighted by molar-refractivity contribution is 0.0922. The Morgan fingerprint density at radius 3 is 2.92 bits per heavy atom. The first-order valence-electron chi connectivity index (χ1n) is 7.70. The molecule has 0 aliphatic rings. The molecular formula is C19H15NO4S. The van der Waals surface area contributed by atoms with Crippen molar-refractivity contribution in [3.8, 4) is 17.1 Å². The van der Waals surface area contributed by atoms with Crippen LogP contribution in [0, 0.1) is 0 Å². The molecule has 3 aromatic heterocycles. The van der Waals surface area contributed by atoms with Gasteiger partial charge in [-0.3, -0.25) is 4.79 Å². The maximum atomic E-state index is 12.3. The molecule has 0 fully saturated rings. The first kappa shape index (κ1) is 15.5. The Kier molecular flexibility index (Phi) is 4.03. The van der Waals surface area contributed by atoms with E-state index < -0.39 is 0 Å². The van der Waals surface area contributed by atoms with Gasteiger partial charge in [-0.15, -0.1) is 0 Å². The highest BCUT2D eigenvalue weighted by atomic mass is 32.1. The second-order valence-electron chi connectivity index (χ2n) is 5.45. The van der Waals surface area contributed by atoms with Crippen LogP contribution in [0.5, 0.6) is 5.75 Å². The van der Waals surface area contributed by atoms with Crippen LogP contribution in [-0.4, -0.2) is 13.0 Å². The van der Waals surface area contributed by atoms with Gasteiger partial charge >= 0.3 is 0 Å². The summed E-state index contributed by atoms with van der Waals surface area (Å²) in [5.41, 5.74) is 1.60. The largest absolute Gasteiger partial charge is 0.493 e. The normalized spacial score (nSPS) is 10.9. The number of thiophene rings is 1. The summed E-state index contributed by atoms with van der Waals surface area (Å²) < 4.78 is 16.6. The van der Waals surface area contributed by atoms with E-state index in [2.05, 4.69) is 5.32 Å². The maximum absolute atomic E-state index is 12.3. The molecular weight excluding hydrogens is 338 g/mol. The Morgan fingerprint density at radius 1 is 1.20 bits per heavy atom. The molecule has 4 rings (SSSR count). The molecule has 6 heteroatoms. The second kappa shape index (κ2) is 6.49. The Hall–Kier alpha value is -2.99. The third-order valence-electron chi connectivity index (χ3n) is 3.84. The molecule has 0 aliphatic heterocycles. The van der Waals surface area contributed by atoms with E-state index in [1.807, 2.05) is 41.1 Å². The van der Waals surface area contributed by atoms with E-state index in [9.17, 15) is 4.79 Å². The summed E-state index contributed by atoms with van der Waals surface area (Å²) in [6, 6.07) is 13.0. The highest BCUT2D eigenvalue weighted by Crippen LogP contribution is 2.28. The fraction of sp³-hybridized carbons (Fsp3) is 0.105. The lowest BCUT2D eigenvalue weighted by Gasteiger charge is -2.01. The van der Waals surface area contributed by atoms with Crippen LogP contribution in [0.25, 0.3) is 22.3 Å². The third kappa shape index (κ3) is 3.04. The molecule has 1 aromatic carbocycles. The number of carbonyl (C=O) groups is 1. The number of hydrogen-bond acceptors (Lipinski definition) is 5. The Labute approximate surface area is 147 Å². The maximum Gasteiger partial charge on any atom is 0.287 e. The molecule has 0 radical (unpaired) electrons. The van der Waals surface area contributed by atoms with Crippen molar-refractivity contribution < 1.29 is 18.4 Å². The monoisotopic (exact) mass is 353 g/mol. The number of carbonyl (C=O) groups excluding carboxylic acids is 1. The number of benzene rings is 1. The summed E-state index contributed by atoms with van der Waals surface area (Å²) in [6.45, 7) is 0.289. The molecule has 0 atom stereocenters. The van der Waals surface area contributed by atoms with Gasteiger partial charge in [0.05, 0.1) is 13.7 Å². The minimum atomic E-state index is -0.299. The Balaban J connectivity index is 1.47. The zero-order valence-corrected chi connectivity index (χ0v) is 14.3. The Morgan fingerprint density at radius 2 is 2.12 bits per heavy atom. The first-order chi connectivity index (χ1) is 12.2. The SMILES string of the molecule is COc1cccc2cc(C(=O)NCc3ccc(-c4ccsc4)o3)oc12. The molecule has 4 aromatic rings. The minimum Gasteiger partial charge on any atom is -0.493 e. The zero-order chi connectivity index (χ0) is 17.2. The van der Waals surface area contributed by atoms with Gasteiger partial charge in [0.25, 0.3) is 5.91 Å². The van der Waals surface area contributed by atoms with Crippen LogP contribution in [0.15, 0.2) is 62.1 Å².